The maximum absolute atomic E-state index is 6.30. The molecule has 3 aromatic rings. The van der Waals surface area contributed by atoms with Crippen molar-refractivity contribution >= 4 is 23.2 Å². The summed E-state index contributed by atoms with van der Waals surface area (Å²) < 4.78 is 6.90. The molecule has 0 spiro atoms. The van der Waals surface area contributed by atoms with Crippen molar-refractivity contribution in [2.75, 3.05) is 32.1 Å². The lowest BCUT2D eigenvalue weighted by Gasteiger charge is -2.29. The molecule has 1 N–H and O–H groups in total. The number of nitrogens with zero attached hydrogens (tertiary/aromatic N) is 5. The van der Waals surface area contributed by atoms with Crippen LogP contribution in [0.2, 0.25) is 5.02 Å². The van der Waals surface area contributed by atoms with Crippen molar-refractivity contribution in [2.45, 2.75) is 19.6 Å². The minimum atomic E-state index is 0.446. The van der Waals surface area contributed by atoms with Gasteiger partial charge in [0.2, 0.25) is 0 Å². The normalized spacial score (nSPS) is 14.5. The summed E-state index contributed by atoms with van der Waals surface area (Å²) in [5.41, 5.74) is 3.45. The number of halogens is 1. The third kappa shape index (κ3) is 3.51. The summed E-state index contributed by atoms with van der Waals surface area (Å²) in [5, 5.41) is 8.57. The minimum absolute atomic E-state index is 0.446. The van der Waals surface area contributed by atoms with Gasteiger partial charge in [0.1, 0.15) is 12.1 Å². The quantitative estimate of drug-likeness (QED) is 0.716. The Bertz CT molecular complexity index is 912. The number of fused-ring (bicyclic) bond motifs is 2. The Kier molecular flexibility index (Phi) is 5.01. The van der Waals surface area contributed by atoms with E-state index in [9.17, 15) is 0 Å². The van der Waals surface area contributed by atoms with Gasteiger partial charge < -0.3 is 10.1 Å². The summed E-state index contributed by atoms with van der Waals surface area (Å²) in [7, 11) is 1.66. The Morgan fingerprint density at radius 3 is 3.15 bits per heavy atom. The second-order valence-corrected chi connectivity index (χ2v) is 6.78. The maximum atomic E-state index is 6.30. The molecule has 0 amide bonds. The van der Waals surface area contributed by atoms with Crippen molar-refractivity contribution in [2.24, 2.45) is 0 Å². The van der Waals surface area contributed by atoms with Gasteiger partial charge >= 0.3 is 0 Å². The first-order valence-electron chi connectivity index (χ1n) is 8.65. The number of benzene rings is 1. The molecular weight excluding hydrogens is 352 g/mol. The Hall–Kier alpha value is -2.22. The molecule has 8 heteroatoms. The van der Waals surface area contributed by atoms with E-state index in [-0.39, 0.29) is 0 Å². The van der Waals surface area contributed by atoms with E-state index in [1.54, 1.807) is 11.6 Å². The zero-order chi connectivity index (χ0) is 17.9. The van der Waals surface area contributed by atoms with Crippen LogP contribution in [0.25, 0.3) is 5.78 Å². The highest BCUT2D eigenvalue weighted by Gasteiger charge is 2.17. The average Bonchev–Trinajstić information content (AvgIpc) is 3.11. The van der Waals surface area contributed by atoms with E-state index < -0.39 is 0 Å². The second kappa shape index (κ2) is 7.57. The molecule has 0 saturated heterocycles. The van der Waals surface area contributed by atoms with Crippen molar-refractivity contribution in [1.82, 2.24) is 24.5 Å². The molecule has 0 aliphatic carbocycles. The highest BCUT2D eigenvalue weighted by molar-refractivity contribution is 6.31. The van der Waals surface area contributed by atoms with E-state index in [4.69, 9.17) is 16.3 Å². The first-order valence-corrected chi connectivity index (χ1v) is 9.03. The predicted molar refractivity (Wildman–Crippen MR) is 100 cm³/mol. The number of aromatic nitrogens is 4. The van der Waals surface area contributed by atoms with Crippen LogP contribution in [0.5, 0.6) is 0 Å². The third-order valence-electron chi connectivity index (χ3n) is 4.62. The first-order chi connectivity index (χ1) is 12.7. The highest BCUT2D eigenvalue weighted by Crippen LogP contribution is 2.25. The lowest BCUT2D eigenvalue weighted by atomic mass is 10.00. The molecule has 0 radical (unpaired) electrons. The van der Waals surface area contributed by atoms with Crippen molar-refractivity contribution in [3.63, 3.8) is 0 Å². The molecule has 1 aromatic carbocycles. The SMILES string of the molecule is COCc1cc(NCCN2CCc3c(Cl)cccc3C2)n2ncnc2n1. The summed E-state index contributed by atoms with van der Waals surface area (Å²) in [6.07, 6.45) is 2.50. The molecule has 2 aromatic heterocycles. The smallest absolute Gasteiger partial charge is 0.254 e. The van der Waals surface area contributed by atoms with Gasteiger partial charge in [0, 0.05) is 44.4 Å². The number of rotatable bonds is 6. The predicted octanol–water partition coefficient (Wildman–Crippen LogP) is 2.39. The number of nitrogens with one attached hydrogen (secondary N) is 1. The third-order valence-corrected chi connectivity index (χ3v) is 4.97. The van der Waals surface area contributed by atoms with Crippen LogP contribution in [0.3, 0.4) is 0 Å². The van der Waals surface area contributed by atoms with E-state index in [1.807, 2.05) is 18.2 Å². The fraction of sp³-hybridized carbons (Fsp3) is 0.389. The van der Waals surface area contributed by atoms with Crippen LogP contribution in [0.1, 0.15) is 16.8 Å². The highest BCUT2D eigenvalue weighted by atomic mass is 35.5. The van der Waals surface area contributed by atoms with Crippen molar-refractivity contribution in [1.29, 1.82) is 0 Å². The lowest BCUT2D eigenvalue weighted by molar-refractivity contribution is 0.181. The van der Waals surface area contributed by atoms with E-state index in [0.29, 0.717) is 12.4 Å². The number of hydrogen-bond acceptors (Lipinski definition) is 6. The molecule has 7 nitrogen and oxygen atoms in total. The summed E-state index contributed by atoms with van der Waals surface area (Å²) in [6.45, 7) is 4.14. The molecule has 0 bridgehead atoms. The zero-order valence-electron chi connectivity index (χ0n) is 14.7. The standard InChI is InChI=1S/C18H21ClN6O/c1-26-11-14-9-17(25-18(23-14)21-12-22-25)20-6-8-24-7-5-15-13(10-24)3-2-4-16(15)19/h2-4,9,12,20H,5-8,10-11H2,1H3. The fourth-order valence-corrected chi connectivity index (χ4v) is 3.65. The van der Waals surface area contributed by atoms with Crippen molar-refractivity contribution in [3.05, 3.63) is 52.4 Å². The van der Waals surface area contributed by atoms with Gasteiger partial charge in [-0.05, 0) is 23.6 Å². The molecule has 136 valence electrons. The second-order valence-electron chi connectivity index (χ2n) is 6.37. The average molecular weight is 373 g/mol. The van der Waals surface area contributed by atoms with Crippen LogP contribution < -0.4 is 5.32 Å². The van der Waals surface area contributed by atoms with E-state index >= 15 is 0 Å². The van der Waals surface area contributed by atoms with Crippen molar-refractivity contribution in [3.8, 4) is 0 Å². The molecule has 1 aliphatic rings. The topological polar surface area (TPSA) is 67.6 Å². The molecule has 1 aliphatic heterocycles. The Morgan fingerprint density at radius 2 is 2.27 bits per heavy atom. The number of methoxy groups -OCH3 is 1. The fourth-order valence-electron chi connectivity index (χ4n) is 3.36. The first kappa shape index (κ1) is 17.2. The molecule has 0 atom stereocenters. The van der Waals surface area contributed by atoms with Crippen LogP contribution in [0.4, 0.5) is 5.82 Å². The van der Waals surface area contributed by atoms with E-state index in [1.165, 1.54) is 17.5 Å². The van der Waals surface area contributed by atoms with E-state index in [2.05, 4.69) is 31.3 Å². The monoisotopic (exact) mass is 372 g/mol. The Balaban J connectivity index is 1.41. The molecule has 0 saturated carbocycles. The van der Waals surface area contributed by atoms with Crippen LogP contribution in [-0.4, -0.2) is 51.2 Å². The lowest BCUT2D eigenvalue weighted by Crippen LogP contribution is -2.34. The van der Waals surface area contributed by atoms with Gasteiger partial charge in [-0.1, -0.05) is 23.7 Å². The maximum Gasteiger partial charge on any atom is 0.254 e. The summed E-state index contributed by atoms with van der Waals surface area (Å²) in [6, 6.07) is 8.12. The molecule has 26 heavy (non-hydrogen) atoms. The molecule has 3 heterocycles. The number of anilines is 1. The van der Waals surface area contributed by atoms with Crippen LogP contribution >= 0.6 is 11.6 Å². The summed E-state index contributed by atoms with van der Waals surface area (Å²) in [4.78, 5) is 11.0. The number of ether oxygens (including phenoxy) is 1. The van der Waals surface area contributed by atoms with Gasteiger partial charge in [-0.15, -0.1) is 0 Å². The van der Waals surface area contributed by atoms with Gasteiger partial charge in [0.15, 0.2) is 0 Å². The van der Waals surface area contributed by atoms with E-state index in [0.717, 1.165) is 49.1 Å². The van der Waals surface area contributed by atoms with Crippen molar-refractivity contribution < 1.29 is 4.74 Å². The van der Waals surface area contributed by atoms with Gasteiger partial charge in [-0.25, -0.2) is 4.98 Å². The Morgan fingerprint density at radius 1 is 1.35 bits per heavy atom. The van der Waals surface area contributed by atoms with Crippen LogP contribution in [0.15, 0.2) is 30.6 Å². The molecule has 0 fully saturated rings. The summed E-state index contributed by atoms with van der Waals surface area (Å²) in [5.74, 6) is 1.45. The minimum Gasteiger partial charge on any atom is -0.378 e. The largest absolute Gasteiger partial charge is 0.378 e. The number of hydrogen-bond donors (Lipinski definition) is 1. The summed E-state index contributed by atoms with van der Waals surface area (Å²) >= 11 is 6.30. The van der Waals surface area contributed by atoms with Crippen LogP contribution in [0, 0.1) is 0 Å². The van der Waals surface area contributed by atoms with Gasteiger partial charge in [-0.3, -0.25) is 4.90 Å². The van der Waals surface area contributed by atoms with Gasteiger partial charge in [0.25, 0.3) is 5.78 Å². The molecular formula is C18H21ClN6O. The molecule has 4 rings (SSSR count). The zero-order valence-corrected chi connectivity index (χ0v) is 15.4. The molecule has 0 unspecified atom stereocenters. The van der Waals surface area contributed by atoms with Crippen LogP contribution in [-0.2, 0) is 24.3 Å². The van der Waals surface area contributed by atoms with Gasteiger partial charge in [0.05, 0.1) is 12.3 Å². The Labute approximate surface area is 157 Å². The van der Waals surface area contributed by atoms with Gasteiger partial charge in [-0.2, -0.15) is 14.6 Å².